The standard InChI is InChI=1S/C21H25ClN2O4/c1-5-27-19-11-16(10-18(22)21(19)28-14(2)3)13-23-24-20(25)12-15-6-8-17(26-4)9-7-15/h6-11,13-14H,5,12H2,1-4H3,(H,24,25)/b23-13-. The van der Waals surface area contributed by atoms with Crippen LogP contribution in [0.25, 0.3) is 0 Å². The van der Waals surface area contributed by atoms with E-state index in [1.807, 2.05) is 45.0 Å². The molecule has 0 atom stereocenters. The SMILES string of the molecule is CCOc1cc(/C=N\NC(=O)Cc2ccc(OC)cc2)cc(Cl)c1OC(C)C. The molecule has 0 unspecified atom stereocenters. The van der Waals surface area contributed by atoms with Crippen LogP contribution in [0.5, 0.6) is 17.2 Å². The number of nitrogens with one attached hydrogen (secondary N) is 1. The lowest BCUT2D eigenvalue weighted by molar-refractivity contribution is -0.120. The van der Waals surface area contributed by atoms with Crippen molar-refractivity contribution in [3.63, 3.8) is 0 Å². The summed E-state index contributed by atoms with van der Waals surface area (Å²) in [6.45, 7) is 6.19. The number of benzene rings is 2. The average Bonchev–Trinajstić information content (AvgIpc) is 2.65. The smallest absolute Gasteiger partial charge is 0.244 e. The molecular weight excluding hydrogens is 380 g/mol. The summed E-state index contributed by atoms with van der Waals surface area (Å²) >= 11 is 6.32. The Morgan fingerprint density at radius 2 is 1.96 bits per heavy atom. The number of hydrazone groups is 1. The highest BCUT2D eigenvalue weighted by atomic mass is 35.5. The highest BCUT2D eigenvalue weighted by molar-refractivity contribution is 6.32. The van der Waals surface area contributed by atoms with Crippen LogP contribution in [0.15, 0.2) is 41.5 Å². The van der Waals surface area contributed by atoms with E-state index in [-0.39, 0.29) is 18.4 Å². The highest BCUT2D eigenvalue weighted by Gasteiger charge is 2.13. The minimum atomic E-state index is -0.225. The molecule has 0 fully saturated rings. The van der Waals surface area contributed by atoms with Crippen LogP contribution >= 0.6 is 11.6 Å². The van der Waals surface area contributed by atoms with Crippen LogP contribution in [0, 0.1) is 0 Å². The molecule has 0 spiro atoms. The number of rotatable bonds is 9. The Hall–Kier alpha value is -2.73. The summed E-state index contributed by atoms with van der Waals surface area (Å²) in [7, 11) is 1.60. The zero-order valence-corrected chi connectivity index (χ0v) is 17.2. The van der Waals surface area contributed by atoms with Crippen LogP contribution < -0.4 is 19.6 Å². The molecule has 0 heterocycles. The van der Waals surface area contributed by atoms with Crippen molar-refractivity contribution in [3.8, 4) is 17.2 Å². The first-order chi connectivity index (χ1) is 13.4. The van der Waals surface area contributed by atoms with Gasteiger partial charge in [0.25, 0.3) is 0 Å². The van der Waals surface area contributed by atoms with Crippen molar-refractivity contribution in [1.29, 1.82) is 0 Å². The molecule has 1 amide bonds. The number of hydrogen-bond donors (Lipinski definition) is 1. The molecule has 2 aromatic rings. The van der Waals surface area contributed by atoms with Gasteiger partial charge in [0, 0.05) is 0 Å². The normalized spacial score (nSPS) is 10.9. The third-order valence-electron chi connectivity index (χ3n) is 3.61. The van der Waals surface area contributed by atoms with E-state index >= 15 is 0 Å². The lowest BCUT2D eigenvalue weighted by Gasteiger charge is -2.16. The van der Waals surface area contributed by atoms with Gasteiger partial charge in [-0.15, -0.1) is 0 Å². The van der Waals surface area contributed by atoms with Crippen LogP contribution in [0.1, 0.15) is 31.9 Å². The zero-order valence-electron chi connectivity index (χ0n) is 16.5. The Morgan fingerprint density at radius 3 is 2.57 bits per heavy atom. The molecular formula is C21H25ClN2O4. The number of hydrogen-bond acceptors (Lipinski definition) is 5. The van der Waals surface area contributed by atoms with Crippen molar-refractivity contribution < 1.29 is 19.0 Å². The maximum absolute atomic E-state index is 12.0. The number of carbonyl (C=O) groups excluding carboxylic acids is 1. The van der Waals surface area contributed by atoms with Crippen LogP contribution in [-0.2, 0) is 11.2 Å². The Morgan fingerprint density at radius 1 is 1.25 bits per heavy atom. The minimum Gasteiger partial charge on any atom is -0.497 e. The van der Waals surface area contributed by atoms with Crippen molar-refractivity contribution in [3.05, 3.63) is 52.5 Å². The van der Waals surface area contributed by atoms with Gasteiger partial charge in [-0.1, -0.05) is 23.7 Å². The van der Waals surface area contributed by atoms with E-state index in [4.69, 9.17) is 25.8 Å². The lowest BCUT2D eigenvalue weighted by Crippen LogP contribution is -2.19. The Kier molecular flexibility index (Phi) is 8.14. The molecule has 0 aliphatic heterocycles. The largest absolute Gasteiger partial charge is 0.497 e. The van der Waals surface area contributed by atoms with E-state index in [1.165, 1.54) is 6.21 Å². The number of ether oxygens (including phenoxy) is 3. The summed E-state index contributed by atoms with van der Waals surface area (Å²) in [6.07, 6.45) is 1.70. The third kappa shape index (κ3) is 6.46. The molecule has 0 saturated carbocycles. The van der Waals surface area contributed by atoms with E-state index in [1.54, 1.807) is 19.2 Å². The minimum absolute atomic E-state index is 0.0338. The maximum Gasteiger partial charge on any atom is 0.244 e. The molecule has 1 N–H and O–H groups in total. The van der Waals surface area contributed by atoms with Crippen LogP contribution in [0.2, 0.25) is 5.02 Å². The Bertz CT molecular complexity index is 820. The van der Waals surface area contributed by atoms with Crippen LogP contribution in [-0.4, -0.2) is 31.9 Å². The van der Waals surface area contributed by atoms with Gasteiger partial charge in [-0.25, -0.2) is 5.43 Å². The van der Waals surface area contributed by atoms with Gasteiger partial charge < -0.3 is 14.2 Å². The van der Waals surface area contributed by atoms with Crippen molar-refractivity contribution in [1.82, 2.24) is 5.43 Å². The number of amides is 1. The van der Waals surface area contributed by atoms with Gasteiger partial charge in [0.2, 0.25) is 5.91 Å². The second-order valence-corrected chi connectivity index (χ2v) is 6.65. The van der Waals surface area contributed by atoms with Crippen molar-refractivity contribution >= 4 is 23.7 Å². The van der Waals surface area contributed by atoms with Crippen molar-refractivity contribution in [2.24, 2.45) is 5.10 Å². The van der Waals surface area contributed by atoms with E-state index < -0.39 is 0 Å². The molecule has 0 bridgehead atoms. The van der Waals surface area contributed by atoms with E-state index in [0.29, 0.717) is 28.7 Å². The zero-order chi connectivity index (χ0) is 20.5. The van der Waals surface area contributed by atoms with Gasteiger partial charge in [-0.3, -0.25) is 4.79 Å². The van der Waals surface area contributed by atoms with Crippen molar-refractivity contribution in [2.45, 2.75) is 33.3 Å². The molecule has 0 radical (unpaired) electrons. The van der Waals surface area contributed by atoms with Gasteiger partial charge in [0.05, 0.1) is 37.5 Å². The Labute approximate surface area is 170 Å². The second-order valence-electron chi connectivity index (χ2n) is 6.25. The van der Waals surface area contributed by atoms with E-state index in [9.17, 15) is 4.79 Å². The number of carbonyl (C=O) groups is 1. The highest BCUT2D eigenvalue weighted by Crippen LogP contribution is 2.37. The molecule has 150 valence electrons. The van der Waals surface area contributed by atoms with E-state index in [0.717, 1.165) is 11.3 Å². The first-order valence-corrected chi connectivity index (χ1v) is 9.38. The first kappa shape index (κ1) is 21.6. The topological polar surface area (TPSA) is 69.2 Å². The van der Waals surface area contributed by atoms with E-state index in [2.05, 4.69) is 10.5 Å². The summed E-state index contributed by atoms with van der Waals surface area (Å²) < 4.78 is 16.4. The average molecular weight is 405 g/mol. The lowest BCUT2D eigenvalue weighted by atomic mass is 10.1. The van der Waals surface area contributed by atoms with Crippen molar-refractivity contribution in [2.75, 3.05) is 13.7 Å². The second kappa shape index (κ2) is 10.6. The van der Waals surface area contributed by atoms with Gasteiger partial charge >= 0.3 is 0 Å². The summed E-state index contributed by atoms with van der Waals surface area (Å²) in [6, 6.07) is 10.8. The molecule has 28 heavy (non-hydrogen) atoms. The van der Waals surface area contributed by atoms with Gasteiger partial charge in [0.1, 0.15) is 5.75 Å². The van der Waals surface area contributed by atoms with Gasteiger partial charge in [-0.05, 0) is 56.2 Å². The predicted molar refractivity (Wildman–Crippen MR) is 111 cm³/mol. The first-order valence-electron chi connectivity index (χ1n) is 9.00. The number of methoxy groups -OCH3 is 1. The monoisotopic (exact) mass is 404 g/mol. The summed E-state index contributed by atoms with van der Waals surface area (Å²) in [5.41, 5.74) is 4.07. The molecule has 2 rings (SSSR count). The fourth-order valence-corrected chi connectivity index (χ4v) is 2.69. The molecule has 0 aromatic heterocycles. The fraction of sp³-hybridized carbons (Fsp3) is 0.333. The van der Waals surface area contributed by atoms with Crippen LogP contribution in [0.3, 0.4) is 0 Å². The third-order valence-corrected chi connectivity index (χ3v) is 3.89. The Balaban J connectivity index is 2.03. The molecule has 7 heteroatoms. The fourth-order valence-electron chi connectivity index (χ4n) is 2.42. The molecule has 0 aliphatic rings. The number of nitrogens with zero attached hydrogens (tertiary/aromatic N) is 1. The number of halogens is 1. The molecule has 0 saturated heterocycles. The summed E-state index contributed by atoms with van der Waals surface area (Å²) in [4.78, 5) is 12.0. The predicted octanol–water partition coefficient (Wildman–Crippen LogP) is 4.23. The quantitative estimate of drug-likeness (QED) is 0.501. The summed E-state index contributed by atoms with van der Waals surface area (Å²) in [5.74, 6) is 1.56. The summed E-state index contributed by atoms with van der Waals surface area (Å²) in [5, 5.41) is 4.42. The maximum atomic E-state index is 12.0. The molecule has 6 nitrogen and oxygen atoms in total. The van der Waals surface area contributed by atoms with Crippen LogP contribution in [0.4, 0.5) is 0 Å². The van der Waals surface area contributed by atoms with Gasteiger partial charge in [0.15, 0.2) is 11.5 Å². The van der Waals surface area contributed by atoms with Gasteiger partial charge in [-0.2, -0.15) is 5.10 Å². The molecule has 0 aliphatic carbocycles. The molecule has 2 aromatic carbocycles.